The lowest BCUT2D eigenvalue weighted by Gasteiger charge is -2.23. The van der Waals surface area contributed by atoms with E-state index in [1.807, 2.05) is 12.1 Å². The molecule has 0 saturated carbocycles. The quantitative estimate of drug-likeness (QED) is 0.519. The molecule has 0 aliphatic carbocycles. The van der Waals surface area contributed by atoms with E-state index in [2.05, 4.69) is 86.5 Å². The van der Waals surface area contributed by atoms with E-state index in [0.717, 1.165) is 12.0 Å². The summed E-state index contributed by atoms with van der Waals surface area (Å²) < 4.78 is 5.86. The van der Waals surface area contributed by atoms with E-state index >= 15 is 0 Å². The van der Waals surface area contributed by atoms with E-state index in [1.165, 1.54) is 16.7 Å². The molecule has 148 valence electrons. The van der Waals surface area contributed by atoms with Crippen molar-refractivity contribution in [3.8, 4) is 11.5 Å². The fraction of sp³-hybridized carbons (Fsp3) is 0.417. The molecule has 1 aromatic heterocycles. The van der Waals surface area contributed by atoms with Crippen LogP contribution in [0.15, 0.2) is 52.9 Å². The molecule has 0 radical (unpaired) electrons. The van der Waals surface area contributed by atoms with E-state index in [-0.39, 0.29) is 6.04 Å². The molecule has 0 amide bonds. The third kappa shape index (κ3) is 4.87. The van der Waals surface area contributed by atoms with Gasteiger partial charge in [0.05, 0.1) is 6.54 Å². The molecular weight excluding hydrogens is 346 g/mol. The second kappa shape index (κ2) is 9.16. The lowest BCUT2D eigenvalue weighted by atomic mass is 9.92. The van der Waals surface area contributed by atoms with Gasteiger partial charge in [-0.15, -0.1) is 10.2 Å². The van der Waals surface area contributed by atoms with Crippen molar-refractivity contribution < 1.29 is 4.42 Å². The van der Waals surface area contributed by atoms with Gasteiger partial charge in [-0.3, -0.25) is 0 Å². The van der Waals surface area contributed by atoms with Gasteiger partial charge in [-0.1, -0.05) is 69.7 Å². The van der Waals surface area contributed by atoms with Crippen LogP contribution in [0.2, 0.25) is 0 Å². The SMILES string of the molecule is CCC(C)c1ccc(C(NCc2nnc(-c3ccc(C)cc3)o2)C(C)C)cc1. The van der Waals surface area contributed by atoms with Gasteiger partial charge in [0.2, 0.25) is 11.8 Å². The van der Waals surface area contributed by atoms with Crippen molar-refractivity contribution >= 4 is 0 Å². The van der Waals surface area contributed by atoms with Gasteiger partial charge >= 0.3 is 0 Å². The largest absolute Gasteiger partial charge is 0.419 e. The number of hydrogen-bond donors (Lipinski definition) is 1. The zero-order valence-electron chi connectivity index (χ0n) is 17.6. The van der Waals surface area contributed by atoms with Gasteiger partial charge in [-0.05, 0) is 48.4 Å². The Balaban J connectivity index is 1.68. The molecule has 2 atom stereocenters. The molecule has 0 fully saturated rings. The maximum atomic E-state index is 5.86. The molecule has 0 spiro atoms. The predicted molar refractivity (Wildman–Crippen MR) is 114 cm³/mol. The van der Waals surface area contributed by atoms with Crippen molar-refractivity contribution in [3.05, 3.63) is 71.1 Å². The van der Waals surface area contributed by atoms with Crippen molar-refractivity contribution in [2.75, 3.05) is 0 Å². The Morgan fingerprint density at radius 2 is 1.54 bits per heavy atom. The molecule has 4 heteroatoms. The van der Waals surface area contributed by atoms with Crippen LogP contribution in [0.5, 0.6) is 0 Å². The Hall–Kier alpha value is -2.46. The molecule has 0 saturated heterocycles. The van der Waals surface area contributed by atoms with Gasteiger partial charge in [0.1, 0.15) is 0 Å². The van der Waals surface area contributed by atoms with Crippen LogP contribution in [-0.4, -0.2) is 10.2 Å². The number of aromatic nitrogens is 2. The van der Waals surface area contributed by atoms with Crippen molar-refractivity contribution in [2.45, 2.75) is 59.5 Å². The van der Waals surface area contributed by atoms with Crippen LogP contribution < -0.4 is 5.32 Å². The molecule has 1 N–H and O–H groups in total. The Kier molecular flexibility index (Phi) is 6.63. The third-order valence-electron chi connectivity index (χ3n) is 5.38. The van der Waals surface area contributed by atoms with Crippen LogP contribution in [0.1, 0.15) is 68.7 Å². The number of rotatable bonds is 8. The summed E-state index contributed by atoms with van der Waals surface area (Å²) in [7, 11) is 0. The summed E-state index contributed by atoms with van der Waals surface area (Å²) in [5.74, 6) is 2.22. The summed E-state index contributed by atoms with van der Waals surface area (Å²) >= 11 is 0. The zero-order chi connectivity index (χ0) is 20.1. The van der Waals surface area contributed by atoms with Crippen molar-refractivity contribution in [3.63, 3.8) is 0 Å². The summed E-state index contributed by atoms with van der Waals surface area (Å²) in [6.07, 6.45) is 1.16. The maximum Gasteiger partial charge on any atom is 0.247 e. The first-order valence-electron chi connectivity index (χ1n) is 10.2. The van der Waals surface area contributed by atoms with Gasteiger partial charge in [-0.25, -0.2) is 0 Å². The monoisotopic (exact) mass is 377 g/mol. The molecule has 0 bridgehead atoms. The minimum absolute atomic E-state index is 0.237. The van der Waals surface area contributed by atoms with Gasteiger partial charge in [-0.2, -0.15) is 0 Å². The average Bonchev–Trinajstić information content (AvgIpc) is 3.17. The van der Waals surface area contributed by atoms with Crippen molar-refractivity contribution in [1.82, 2.24) is 15.5 Å². The third-order valence-corrected chi connectivity index (χ3v) is 5.38. The van der Waals surface area contributed by atoms with E-state index in [0.29, 0.717) is 30.2 Å². The van der Waals surface area contributed by atoms with Crippen LogP contribution in [0, 0.1) is 12.8 Å². The number of nitrogens with one attached hydrogen (secondary N) is 1. The second-order valence-electron chi connectivity index (χ2n) is 7.95. The second-order valence-corrected chi connectivity index (χ2v) is 7.95. The summed E-state index contributed by atoms with van der Waals surface area (Å²) in [5, 5.41) is 12.0. The molecule has 0 aliphatic heterocycles. The fourth-order valence-electron chi connectivity index (χ4n) is 3.34. The lowest BCUT2D eigenvalue weighted by molar-refractivity contribution is 0.380. The van der Waals surface area contributed by atoms with E-state index < -0.39 is 0 Å². The summed E-state index contributed by atoms with van der Waals surface area (Å²) in [4.78, 5) is 0. The van der Waals surface area contributed by atoms with Gasteiger partial charge in [0, 0.05) is 11.6 Å². The van der Waals surface area contributed by atoms with E-state index in [1.54, 1.807) is 0 Å². The summed E-state index contributed by atoms with van der Waals surface area (Å²) in [5.41, 5.74) is 4.85. The molecular formula is C24H31N3O. The highest BCUT2D eigenvalue weighted by atomic mass is 16.4. The van der Waals surface area contributed by atoms with E-state index in [9.17, 15) is 0 Å². The van der Waals surface area contributed by atoms with Crippen molar-refractivity contribution in [2.24, 2.45) is 5.92 Å². The minimum Gasteiger partial charge on any atom is -0.419 e. The summed E-state index contributed by atoms with van der Waals surface area (Å²) in [6.45, 7) is 11.6. The molecule has 3 aromatic rings. The first kappa shape index (κ1) is 20.3. The summed E-state index contributed by atoms with van der Waals surface area (Å²) in [6, 6.07) is 17.3. The minimum atomic E-state index is 0.237. The molecule has 3 rings (SSSR count). The van der Waals surface area contributed by atoms with Gasteiger partial charge < -0.3 is 9.73 Å². The van der Waals surface area contributed by atoms with Crippen LogP contribution in [0.4, 0.5) is 0 Å². The molecule has 0 aliphatic rings. The number of benzene rings is 2. The first-order valence-corrected chi connectivity index (χ1v) is 10.2. The number of aryl methyl sites for hydroxylation is 1. The van der Waals surface area contributed by atoms with E-state index in [4.69, 9.17) is 4.42 Å². The Morgan fingerprint density at radius 3 is 2.14 bits per heavy atom. The topological polar surface area (TPSA) is 51.0 Å². The number of nitrogens with zero attached hydrogens (tertiary/aromatic N) is 2. The standard InChI is InChI=1S/C24H31N3O/c1-6-18(5)19-11-13-20(14-12-19)23(16(2)3)25-15-22-26-27-24(28-22)21-9-7-17(4)8-10-21/h7-14,16,18,23,25H,6,15H2,1-5H3. The smallest absolute Gasteiger partial charge is 0.247 e. The molecule has 2 aromatic carbocycles. The highest BCUT2D eigenvalue weighted by Gasteiger charge is 2.17. The molecule has 4 nitrogen and oxygen atoms in total. The van der Waals surface area contributed by atoms with Crippen LogP contribution in [-0.2, 0) is 6.54 Å². The first-order chi connectivity index (χ1) is 13.5. The molecule has 2 unspecified atom stereocenters. The molecule has 28 heavy (non-hydrogen) atoms. The Labute approximate surface area is 168 Å². The van der Waals surface area contributed by atoms with Crippen LogP contribution >= 0.6 is 0 Å². The van der Waals surface area contributed by atoms with Crippen LogP contribution in [0.25, 0.3) is 11.5 Å². The maximum absolute atomic E-state index is 5.86. The highest BCUT2D eigenvalue weighted by molar-refractivity contribution is 5.52. The van der Waals surface area contributed by atoms with Gasteiger partial charge in [0.15, 0.2) is 0 Å². The Morgan fingerprint density at radius 1 is 0.893 bits per heavy atom. The lowest BCUT2D eigenvalue weighted by Crippen LogP contribution is -2.25. The average molecular weight is 378 g/mol. The Bertz CT molecular complexity index is 866. The normalized spacial score (nSPS) is 13.6. The zero-order valence-corrected chi connectivity index (χ0v) is 17.6. The number of hydrogen-bond acceptors (Lipinski definition) is 4. The van der Waals surface area contributed by atoms with Crippen molar-refractivity contribution in [1.29, 1.82) is 0 Å². The van der Waals surface area contributed by atoms with Crippen LogP contribution in [0.3, 0.4) is 0 Å². The predicted octanol–water partition coefficient (Wildman–Crippen LogP) is 6.05. The molecule has 1 heterocycles. The highest BCUT2D eigenvalue weighted by Crippen LogP contribution is 2.26. The van der Waals surface area contributed by atoms with Gasteiger partial charge in [0.25, 0.3) is 0 Å². The fourth-order valence-corrected chi connectivity index (χ4v) is 3.34.